The highest BCUT2D eigenvalue weighted by molar-refractivity contribution is 5.76. The molecule has 20 heavy (non-hydrogen) atoms. The number of rotatable bonds is 8. The molecule has 2 N–H and O–H groups in total. The second-order valence-electron chi connectivity index (χ2n) is 5.65. The SMILES string of the molecule is NCCCN(C(=O)CCCc1ccccc1)C1CCC1. The Morgan fingerprint density at radius 2 is 1.95 bits per heavy atom. The molecule has 110 valence electrons. The van der Waals surface area contributed by atoms with E-state index in [2.05, 4.69) is 29.2 Å². The number of amides is 1. The molecule has 1 saturated carbocycles. The van der Waals surface area contributed by atoms with Gasteiger partial charge in [0, 0.05) is 19.0 Å². The van der Waals surface area contributed by atoms with E-state index in [0.29, 0.717) is 24.9 Å². The van der Waals surface area contributed by atoms with Crippen LogP contribution in [0.3, 0.4) is 0 Å². The maximum absolute atomic E-state index is 12.4. The molecule has 0 aromatic heterocycles. The average molecular weight is 274 g/mol. The van der Waals surface area contributed by atoms with Gasteiger partial charge in [0.15, 0.2) is 0 Å². The fourth-order valence-corrected chi connectivity index (χ4v) is 2.70. The van der Waals surface area contributed by atoms with Crippen molar-refractivity contribution in [3.63, 3.8) is 0 Å². The number of carbonyl (C=O) groups excluding carboxylic acids is 1. The minimum Gasteiger partial charge on any atom is -0.340 e. The van der Waals surface area contributed by atoms with Crippen molar-refractivity contribution in [1.29, 1.82) is 0 Å². The minimum atomic E-state index is 0.319. The lowest BCUT2D eigenvalue weighted by Crippen LogP contribution is -2.45. The fourth-order valence-electron chi connectivity index (χ4n) is 2.70. The predicted octanol–water partition coefficient (Wildman–Crippen LogP) is 2.74. The first-order valence-corrected chi connectivity index (χ1v) is 7.84. The van der Waals surface area contributed by atoms with Crippen molar-refractivity contribution < 1.29 is 4.79 Å². The average Bonchev–Trinajstić information content (AvgIpc) is 2.42. The molecular formula is C17H26N2O. The maximum atomic E-state index is 12.4. The first kappa shape index (κ1) is 15.0. The Hall–Kier alpha value is -1.35. The standard InChI is InChI=1S/C17H26N2O/c18-13-6-14-19(16-10-5-11-16)17(20)12-4-9-15-7-2-1-3-8-15/h1-3,7-8,16H,4-6,9-14,18H2. The van der Waals surface area contributed by atoms with Crippen LogP contribution in [0.25, 0.3) is 0 Å². The highest BCUT2D eigenvalue weighted by Crippen LogP contribution is 2.25. The van der Waals surface area contributed by atoms with Gasteiger partial charge in [0.25, 0.3) is 0 Å². The highest BCUT2D eigenvalue weighted by Gasteiger charge is 2.27. The molecule has 3 heteroatoms. The molecule has 0 atom stereocenters. The fraction of sp³-hybridized carbons (Fsp3) is 0.588. The van der Waals surface area contributed by atoms with Crippen molar-refractivity contribution in [3.05, 3.63) is 35.9 Å². The van der Waals surface area contributed by atoms with E-state index < -0.39 is 0 Å². The number of carbonyl (C=O) groups is 1. The Morgan fingerprint density at radius 3 is 2.55 bits per heavy atom. The molecular weight excluding hydrogens is 248 g/mol. The van der Waals surface area contributed by atoms with Gasteiger partial charge in [-0.3, -0.25) is 4.79 Å². The second kappa shape index (κ2) is 8.05. The van der Waals surface area contributed by atoms with Crippen LogP contribution in [0.2, 0.25) is 0 Å². The zero-order chi connectivity index (χ0) is 14.2. The van der Waals surface area contributed by atoms with E-state index in [1.54, 1.807) is 0 Å². The van der Waals surface area contributed by atoms with Gasteiger partial charge in [0.2, 0.25) is 5.91 Å². The van der Waals surface area contributed by atoms with Crippen LogP contribution < -0.4 is 5.73 Å². The first-order valence-electron chi connectivity index (χ1n) is 7.84. The van der Waals surface area contributed by atoms with Gasteiger partial charge in [-0.25, -0.2) is 0 Å². The number of hydrogen-bond acceptors (Lipinski definition) is 2. The third kappa shape index (κ3) is 4.34. The Morgan fingerprint density at radius 1 is 1.20 bits per heavy atom. The molecule has 1 aromatic carbocycles. The molecule has 0 bridgehead atoms. The summed E-state index contributed by atoms with van der Waals surface area (Å²) in [5.41, 5.74) is 6.89. The van der Waals surface area contributed by atoms with Gasteiger partial charge >= 0.3 is 0 Å². The monoisotopic (exact) mass is 274 g/mol. The van der Waals surface area contributed by atoms with E-state index in [1.807, 2.05) is 6.07 Å². The lowest BCUT2D eigenvalue weighted by Gasteiger charge is -2.37. The molecule has 2 rings (SSSR count). The zero-order valence-corrected chi connectivity index (χ0v) is 12.3. The number of hydrogen-bond donors (Lipinski definition) is 1. The molecule has 3 nitrogen and oxygen atoms in total. The predicted molar refractivity (Wildman–Crippen MR) is 82.4 cm³/mol. The van der Waals surface area contributed by atoms with Crippen LogP contribution in [0.1, 0.15) is 44.1 Å². The Bertz CT molecular complexity index is 401. The van der Waals surface area contributed by atoms with E-state index in [1.165, 1.54) is 24.8 Å². The van der Waals surface area contributed by atoms with Crippen LogP contribution in [-0.4, -0.2) is 29.9 Å². The van der Waals surface area contributed by atoms with Crippen molar-refractivity contribution in [3.8, 4) is 0 Å². The lowest BCUT2D eigenvalue weighted by molar-refractivity contribution is -0.135. The summed E-state index contributed by atoms with van der Waals surface area (Å²) in [5, 5.41) is 0. The molecule has 0 radical (unpaired) electrons. The van der Waals surface area contributed by atoms with Crippen molar-refractivity contribution in [2.24, 2.45) is 5.73 Å². The first-order chi connectivity index (χ1) is 9.81. The van der Waals surface area contributed by atoms with Gasteiger partial charge in [-0.15, -0.1) is 0 Å². The van der Waals surface area contributed by atoms with Crippen LogP contribution in [0, 0.1) is 0 Å². The molecule has 0 heterocycles. The number of benzene rings is 1. The smallest absolute Gasteiger partial charge is 0.222 e. The summed E-state index contributed by atoms with van der Waals surface area (Å²) in [6, 6.07) is 10.9. The van der Waals surface area contributed by atoms with Crippen LogP contribution in [-0.2, 0) is 11.2 Å². The lowest BCUT2D eigenvalue weighted by atomic mass is 9.91. The summed E-state index contributed by atoms with van der Waals surface area (Å²) >= 11 is 0. The normalized spacial score (nSPS) is 14.8. The Kier molecular flexibility index (Phi) is 6.06. The summed E-state index contributed by atoms with van der Waals surface area (Å²) in [6.45, 7) is 1.51. The summed E-state index contributed by atoms with van der Waals surface area (Å²) in [5.74, 6) is 0.319. The summed E-state index contributed by atoms with van der Waals surface area (Å²) < 4.78 is 0. The van der Waals surface area contributed by atoms with Gasteiger partial charge in [-0.05, 0) is 50.6 Å². The molecule has 1 aliphatic rings. The topological polar surface area (TPSA) is 46.3 Å². The van der Waals surface area contributed by atoms with Gasteiger partial charge < -0.3 is 10.6 Å². The molecule has 1 fully saturated rings. The van der Waals surface area contributed by atoms with Gasteiger partial charge in [-0.1, -0.05) is 30.3 Å². The van der Waals surface area contributed by atoms with Crippen LogP contribution in [0.5, 0.6) is 0 Å². The van der Waals surface area contributed by atoms with E-state index in [-0.39, 0.29) is 0 Å². The largest absolute Gasteiger partial charge is 0.340 e. The minimum absolute atomic E-state index is 0.319. The molecule has 0 unspecified atom stereocenters. The molecule has 0 spiro atoms. The van der Waals surface area contributed by atoms with E-state index >= 15 is 0 Å². The Labute approximate surface area is 122 Å². The van der Waals surface area contributed by atoms with E-state index in [0.717, 1.165) is 25.8 Å². The second-order valence-corrected chi connectivity index (χ2v) is 5.65. The quantitative estimate of drug-likeness (QED) is 0.792. The number of nitrogens with zero attached hydrogens (tertiary/aromatic N) is 1. The van der Waals surface area contributed by atoms with Gasteiger partial charge in [-0.2, -0.15) is 0 Å². The summed E-state index contributed by atoms with van der Waals surface area (Å²) in [7, 11) is 0. The molecule has 0 aliphatic heterocycles. The van der Waals surface area contributed by atoms with Crippen LogP contribution >= 0.6 is 0 Å². The van der Waals surface area contributed by atoms with Crippen molar-refractivity contribution in [1.82, 2.24) is 4.90 Å². The summed E-state index contributed by atoms with van der Waals surface area (Å²) in [6.07, 6.45) is 7.12. The van der Waals surface area contributed by atoms with E-state index in [9.17, 15) is 4.79 Å². The van der Waals surface area contributed by atoms with Crippen LogP contribution in [0.4, 0.5) is 0 Å². The van der Waals surface area contributed by atoms with Crippen molar-refractivity contribution >= 4 is 5.91 Å². The van der Waals surface area contributed by atoms with Crippen molar-refractivity contribution in [2.45, 2.75) is 51.0 Å². The van der Waals surface area contributed by atoms with Gasteiger partial charge in [0.05, 0.1) is 0 Å². The third-order valence-electron chi connectivity index (χ3n) is 4.14. The Balaban J connectivity index is 1.76. The molecule has 1 amide bonds. The molecule has 0 saturated heterocycles. The molecule has 1 aliphatic carbocycles. The summed E-state index contributed by atoms with van der Waals surface area (Å²) in [4.78, 5) is 14.4. The maximum Gasteiger partial charge on any atom is 0.222 e. The van der Waals surface area contributed by atoms with E-state index in [4.69, 9.17) is 5.73 Å². The highest BCUT2D eigenvalue weighted by atomic mass is 16.2. The molecule has 1 aromatic rings. The number of nitrogens with two attached hydrogens (primary N) is 1. The zero-order valence-electron chi connectivity index (χ0n) is 12.3. The van der Waals surface area contributed by atoms with Gasteiger partial charge in [0.1, 0.15) is 0 Å². The third-order valence-corrected chi connectivity index (χ3v) is 4.14. The van der Waals surface area contributed by atoms with Crippen molar-refractivity contribution in [2.75, 3.05) is 13.1 Å². The number of aryl methyl sites for hydroxylation is 1. The van der Waals surface area contributed by atoms with Crippen LogP contribution in [0.15, 0.2) is 30.3 Å².